The van der Waals surface area contributed by atoms with Crippen LogP contribution in [-0.2, 0) is 6.42 Å². The molecule has 0 amide bonds. The SMILES string of the molecule is Cc1ccc(C(N)Cc2ccccc2F)c(C)n1. The molecule has 1 unspecified atom stereocenters. The summed E-state index contributed by atoms with van der Waals surface area (Å²) in [5.41, 5.74) is 9.64. The minimum Gasteiger partial charge on any atom is -0.324 e. The zero-order valence-electron chi connectivity index (χ0n) is 10.7. The number of hydrogen-bond donors (Lipinski definition) is 1. The van der Waals surface area contributed by atoms with E-state index in [-0.39, 0.29) is 11.9 Å². The Hall–Kier alpha value is -1.74. The standard InChI is InChI=1S/C15H17FN2/c1-10-7-8-13(11(2)18-10)15(17)9-12-5-3-4-6-14(12)16/h3-8,15H,9,17H2,1-2H3. The first-order valence-corrected chi connectivity index (χ1v) is 6.01. The molecule has 0 bridgehead atoms. The van der Waals surface area contributed by atoms with Crippen LogP contribution in [0.4, 0.5) is 4.39 Å². The molecule has 2 rings (SSSR count). The van der Waals surface area contributed by atoms with Crippen LogP contribution in [0.5, 0.6) is 0 Å². The second kappa shape index (κ2) is 5.27. The summed E-state index contributed by atoms with van der Waals surface area (Å²) in [6, 6.07) is 10.4. The van der Waals surface area contributed by atoms with Crippen molar-refractivity contribution in [2.75, 3.05) is 0 Å². The van der Waals surface area contributed by atoms with Crippen molar-refractivity contribution in [3.8, 4) is 0 Å². The predicted molar refractivity (Wildman–Crippen MR) is 70.7 cm³/mol. The molecular weight excluding hydrogens is 227 g/mol. The lowest BCUT2D eigenvalue weighted by molar-refractivity contribution is 0.592. The van der Waals surface area contributed by atoms with Crippen LogP contribution in [0.3, 0.4) is 0 Å². The molecule has 1 heterocycles. The molecule has 2 N–H and O–H groups in total. The number of rotatable bonds is 3. The van der Waals surface area contributed by atoms with Gasteiger partial charge in [0.1, 0.15) is 5.82 Å². The molecule has 0 aliphatic rings. The van der Waals surface area contributed by atoms with Gasteiger partial charge < -0.3 is 5.73 Å². The third-order valence-corrected chi connectivity index (χ3v) is 3.06. The van der Waals surface area contributed by atoms with Crippen LogP contribution in [0.1, 0.15) is 28.6 Å². The summed E-state index contributed by atoms with van der Waals surface area (Å²) in [5.74, 6) is -0.203. The van der Waals surface area contributed by atoms with Crippen LogP contribution in [0, 0.1) is 19.7 Å². The van der Waals surface area contributed by atoms with E-state index in [1.165, 1.54) is 6.07 Å². The van der Waals surface area contributed by atoms with Gasteiger partial charge in [0.2, 0.25) is 0 Å². The van der Waals surface area contributed by atoms with E-state index in [0.29, 0.717) is 12.0 Å². The van der Waals surface area contributed by atoms with Crippen LogP contribution >= 0.6 is 0 Å². The van der Waals surface area contributed by atoms with E-state index in [1.807, 2.05) is 32.0 Å². The Morgan fingerprint density at radius 3 is 2.56 bits per heavy atom. The highest BCUT2D eigenvalue weighted by Gasteiger charge is 2.12. The zero-order chi connectivity index (χ0) is 13.1. The van der Waals surface area contributed by atoms with Gasteiger partial charge in [0.05, 0.1) is 0 Å². The Balaban J connectivity index is 2.22. The molecule has 1 atom stereocenters. The Bertz CT molecular complexity index is 552. The van der Waals surface area contributed by atoms with Crippen molar-refractivity contribution in [2.45, 2.75) is 26.3 Å². The van der Waals surface area contributed by atoms with Crippen LogP contribution in [-0.4, -0.2) is 4.98 Å². The van der Waals surface area contributed by atoms with Crippen LogP contribution in [0.15, 0.2) is 36.4 Å². The molecule has 0 aliphatic carbocycles. The largest absolute Gasteiger partial charge is 0.324 e. The third kappa shape index (κ3) is 2.74. The van der Waals surface area contributed by atoms with Gasteiger partial charge in [0.25, 0.3) is 0 Å². The lowest BCUT2D eigenvalue weighted by atomic mass is 9.98. The lowest BCUT2D eigenvalue weighted by Crippen LogP contribution is -2.16. The van der Waals surface area contributed by atoms with Gasteiger partial charge in [-0.15, -0.1) is 0 Å². The highest BCUT2D eigenvalue weighted by atomic mass is 19.1. The molecule has 1 aromatic carbocycles. The highest BCUT2D eigenvalue weighted by Crippen LogP contribution is 2.20. The maximum atomic E-state index is 13.6. The second-order valence-corrected chi connectivity index (χ2v) is 4.53. The van der Waals surface area contributed by atoms with Crippen LogP contribution in [0.25, 0.3) is 0 Å². The zero-order valence-corrected chi connectivity index (χ0v) is 10.7. The smallest absolute Gasteiger partial charge is 0.126 e. The van der Waals surface area contributed by atoms with E-state index < -0.39 is 0 Å². The minimum absolute atomic E-state index is 0.203. The van der Waals surface area contributed by atoms with Gasteiger partial charge in [-0.25, -0.2) is 4.39 Å². The average molecular weight is 244 g/mol. The molecule has 18 heavy (non-hydrogen) atoms. The van der Waals surface area contributed by atoms with Gasteiger partial charge in [0.15, 0.2) is 0 Å². The average Bonchev–Trinajstić information content (AvgIpc) is 2.32. The van der Waals surface area contributed by atoms with Crippen molar-refractivity contribution >= 4 is 0 Å². The summed E-state index contributed by atoms with van der Waals surface area (Å²) >= 11 is 0. The molecule has 3 heteroatoms. The summed E-state index contributed by atoms with van der Waals surface area (Å²) < 4.78 is 13.6. The van der Waals surface area contributed by atoms with Crippen molar-refractivity contribution in [1.29, 1.82) is 0 Å². The fourth-order valence-electron chi connectivity index (χ4n) is 2.10. The molecule has 0 saturated heterocycles. The first kappa shape index (κ1) is 12.7. The molecule has 0 spiro atoms. The first-order valence-electron chi connectivity index (χ1n) is 6.01. The van der Waals surface area contributed by atoms with Crippen molar-refractivity contribution < 1.29 is 4.39 Å². The van der Waals surface area contributed by atoms with E-state index in [0.717, 1.165) is 17.0 Å². The van der Waals surface area contributed by atoms with Crippen LogP contribution < -0.4 is 5.73 Å². The van der Waals surface area contributed by atoms with E-state index in [1.54, 1.807) is 12.1 Å². The maximum absolute atomic E-state index is 13.6. The maximum Gasteiger partial charge on any atom is 0.126 e. The number of pyridine rings is 1. The minimum atomic E-state index is -0.227. The number of aromatic nitrogens is 1. The van der Waals surface area contributed by atoms with Gasteiger partial charge in [-0.3, -0.25) is 4.98 Å². The van der Waals surface area contributed by atoms with Crippen LogP contribution in [0.2, 0.25) is 0 Å². The molecule has 0 radical (unpaired) electrons. The molecule has 0 fully saturated rings. The molecular formula is C15H17FN2. The lowest BCUT2D eigenvalue weighted by Gasteiger charge is -2.15. The molecule has 2 aromatic rings. The monoisotopic (exact) mass is 244 g/mol. The molecule has 94 valence electrons. The molecule has 0 aliphatic heterocycles. The quantitative estimate of drug-likeness (QED) is 0.901. The Morgan fingerprint density at radius 1 is 1.17 bits per heavy atom. The summed E-state index contributed by atoms with van der Waals surface area (Å²) in [6.45, 7) is 3.88. The van der Waals surface area contributed by atoms with Gasteiger partial charge in [-0.05, 0) is 43.5 Å². The Morgan fingerprint density at radius 2 is 1.89 bits per heavy atom. The number of nitrogens with two attached hydrogens (primary N) is 1. The highest BCUT2D eigenvalue weighted by molar-refractivity contribution is 5.28. The fourth-order valence-corrected chi connectivity index (χ4v) is 2.10. The van der Waals surface area contributed by atoms with Gasteiger partial charge >= 0.3 is 0 Å². The van der Waals surface area contributed by atoms with Crippen molar-refractivity contribution in [1.82, 2.24) is 4.98 Å². The summed E-state index contributed by atoms with van der Waals surface area (Å²) in [7, 11) is 0. The number of benzene rings is 1. The topological polar surface area (TPSA) is 38.9 Å². The van der Waals surface area contributed by atoms with E-state index in [4.69, 9.17) is 5.73 Å². The third-order valence-electron chi connectivity index (χ3n) is 3.06. The van der Waals surface area contributed by atoms with Crippen molar-refractivity contribution in [2.24, 2.45) is 5.73 Å². The number of halogens is 1. The Labute approximate surface area is 107 Å². The van der Waals surface area contributed by atoms with Gasteiger partial charge in [0, 0.05) is 17.4 Å². The number of hydrogen-bond acceptors (Lipinski definition) is 2. The van der Waals surface area contributed by atoms with E-state index in [2.05, 4.69) is 4.98 Å². The van der Waals surface area contributed by atoms with E-state index in [9.17, 15) is 4.39 Å². The number of nitrogens with zero attached hydrogens (tertiary/aromatic N) is 1. The molecule has 2 nitrogen and oxygen atoms in total. The van der Waals surface area contributed by atoms with Gasteiger partial charge in [-0.2, -0.15) is 0 Å². The van der Waals surface area contributed by atoms with Crippen molar-refractivity contribution in [3.63, 3.8) is 0 Å². The summed E-state index contributed by atoms with van der Waals surface area (Å²) in [5, 5.41) is 0. The normalized spacial score (nSPS) is 12.4. The predicted octanol–water partition coefficient (Wildman–Crippen LogP) is 3.08. The molecule has 0 saturated carbocycles. The second-order valence-electron chi connectivity index (χ2n) is 4.53. The summed E-state index contributed by atoms with van der Waals surface area (Å²) in [6.07, 6.45) is 0.484. The first-order chi connectivity index (χ1) is 8.58. The van der Waals surface area contributed by atoms with Crippen molar-refractivity contribution in [3.05, 3.63) is 64.7 Å². The fraction of sp³-hybridized carbons (Fsp3) is 0.267. The summed E-state index contributed by atoms with van der Waals surface area (Å²) in [4.78, 5) is 4.38. The molecule has 1 aromatic heterocycles. The van der Waals surface area contributed by atoms with E-state index >= 15 is 0 Å². The van der Waals surface area contributed by atoms with Gasteiger partial charge in [-0.1, -0.05) is 24.3 Å². The Kier molecular flexibility index (Phi) is 3.72. The number of aryl methyl sites for hydroxylation is 2.